The second kappa shape index (κ2) is 5.94. The molecule has 0 fully saturated rings. The minimum Gasteiger partial charge on any atom is -0.711 e. The van der Waals surface area contributed by atoms with Crippen LogP contribution in [0.3, 0.4) is 0 Å². The molecule has 0 saturated carbocycles. The Kier molecular flexibility index (Phi) is 4.14. The predicted molar refractivity (Wildman–Crippen MR) is 85.6 cm³/mol. The molecule has 3 heterocycles. The van der Waals surface area contributed by atoms with Gasteiger partial charge in [-0.1, -0.05) is 6.92 Å². The molecule has 7 nitrogen and oxygen atoms in total. The van der Waals surface area contributed by atoms with E-state index in [-0.39, 0.29) is 38.1 Å². The van der Waals surface area contributed by atoms with Crippen LogP contribution < -0.4 is 4.73 Å². The third kappa shape index (κ3) is 2.87. The minimum absolute atomic E-state index is 0.0171. The third-order valence-corrected chi connectivity index (χ3v) is 5.63. The smallest absolute Gasteiger partial charge is 0.419 e. The number of rotatable bonds is 3. The van der Waals surface area contributed by atoms with Gasteiger partial charge in [-0.15, -0.1) is 0 Å². The molecule has 0 amide bonds. The van der Waals surface area contributed by atoms with E-state index in [0.717, 1.165) is 6.07 Å². The average molecular weight is 386 g/mol. The molecular weight excluding hydrogens is 373 g/mol. The number of hydrogen-bond acceptors (Lipinski definition) is 5. The van der Waals surface area contributed by atoms with Crippen LogP contribution in [0.25, 0.3) is 22.7 Å². The number of pyridine rings is 2. The fourth-order valence-corrected chi connectivity index (χ4v) is 3.61. The number of imidazole rings is 1. The lowest BCUT2D eigenvalue weighted by Crippen LogP contribution is -2.30. The lowest BCUT2D eigenvalue weighted by Gasteiger charge is -2.09. The molecule has 138 valence electrons. The molecule has 3 aromatic heterocycles. The number of halogens is 3. The van der Waals surface area contributed by atoms with E-state index < -0.39 is 21.6 Å². The van der Waals surface area contributed by atoms with Crippen LogP contribution in [0.5, 0.6) is 0 Å². The van der Waals surface area contributed by atoms with Crippen molar-refractivity contribution in [3.63, 3.8) is 0 Å². The zero-order valence-corrected chi connectivity index (χ0v) is 14.5. The molecule has 3 aromatic rings. The highest BCUT2D eigenvalue weighted by Gasteiger charge is 2.34. The first-order valence-corrected chi connectivity index (χ1v) is 9.06. The summed E-state index contributed by atoms with van der Waals surface area (Å²) in [6.45, 7) is 1.46. The van der Waals surface area contributed by atoms with Crippen LogP contribution in [-0.2, 0) is 23.1 Å². The summed E-state index contributed by atoms with van der Waals surface area (Å²) in [5.41, 5.74) is -1.52. The summed E-state index contributed by atoms with van der Waals surface area (Å²) >= 11 is 0. The predicted octanol–water partition coefficient (Wildman–Crippen LogP) is 2.08. The highest BCUT2D eigenvalue weighted by atomic mass is 32.2. The largest absolute Gasteiger partial charge is 0.711 e. The molecule has 0 bridgehead atoms. The van der Waals surface area contributed by atoms with Gasteiger partial charge >= 0.3 is 11.8 Å². The number of alkyl halides is 3. The van der Waals surface area contributed by atoms with Gasteiger partial charge in [-0.05, 0) is 18.2 Å². The highest BCUT2D eigenvalue weighted by Crippen LogP contribution is 2.31. The van der Waals surface area contributed by atoms with Crippen molar-refractivity contribution < 1.29 is 26.3 Å². The van der Waals surface area contributed by atoms with E-state index in [1.807, 2.05) is 0 Å². The molecule has 0 N–H and O–H groups in total. The third-order valence-electron chi connectivity index (χ3n) is 3.87. The molecule has 3 rings (SSSR count). The molecular formula is C15H13F3N4O3S. The number of aryl methyl sites for hydroxylation is 1. The Balaban J connectivity index is 2.33. The maximum atomic E-state index is 12.9. The number of nitrogens with zero attached hydrogens (tertiary/aromatic N) is 4. The highest BCUT2D eigenvalue weighted by molar-refractivity contribution is 7.91. The first kappa shape index (κ1) is 18.1. The first-order valence-electron chi connectivity index (χ1n) is 7.41. The zero-order valence-electron chi connectivity index (χ0n) is 13.6. The second-order valence-electron chi connectivity index (χ2n) is 5.51. The molecule has 0 saturated heterocycles. The van der Waals surface area contributed by atoms with Crippen molar-refractivity contribution in [3.05, 3.63) is 41.4 Å². The first-order chi connectivity index (χ1) is 12.1. The SMILES string of the molecule is CCS(=O)(=O)c1cccnc1-c1nc2cc(C(F)(F)F)c[n+]([O-])c2n1C. The van der Waals surface area contributed by atoms with E-state index in [0.29, 0.717) is 6.20 Å². The quantitative estimate of drug-likeness (QED) is 0.508. The molecule has 0 aliphatic heterocycles. The molecule has 0 aliphatic carbocycles. The van der Waals surface area contributed by atoms with Gasteiger partial charge in [0.15, 0.2) is 15.4 Å². The summed E-state index contributed by atoms with van der Waals surface area (Å²) in [6.07, 6.45) is -2.95. The Morgan fingerprint density at radius 1 is 1.35 bits per heavy atom. The van der Waals surface area contributed by atoms with Crippen molar-refractivity contribution in [2.75, 3.05) is 5.75 Å². The summed E-state index contributed by atoms with van der Waals surface area (Å²) in [7, 11) is -2.25. The van der Waals surface area contributed by atoms with Crippen LogP contribution >= 0.6 is 0 Å². The van der Waals surface area contributed by atoms with Gasteiger partial charge in [0.05, 0.1) is 23.3 Å². The Labute approximate surface area is 146 Å². The van der Waals surface area contributed by atoms with Crippen LogP contribution in [0.4, 0.5) is 13.2 Å². The summed E-state index contributed by atoms with van der Waals surface area (Å²) in [5, 5.41) is 12.1. The van der Waals surface area contributed by atoms with Crippen LogP contribution in [0.1, 0.15) is 12.5 Å². The molecule has 0 spiro atoms. The maximum Gasteiger partial charge on any atom is 0.419 e. The van der Waals surface area contributed by atoms with E-state index in [1.54, 1.807) is 0 Å². The normalized spacial score (nSPS) is 12.7. The number of sulfone groups is 1. The summed E-state index contributed by atoms with van der Waals surface area (Å²) in [5.74, 6) is -0.202. The van der Waals surface area contributed by atoms with Crippen molar-refractivity contribution in [1.29, 1.82) is 0 Å². The standard InChI is InChI=1S/C15H13F3N4O3S/c1-3-26(24,25)11-5-4-6-19-12(11)13-20-10-7-9(15(16,17)18)8-22(23)14(10)21(13)2/h4-8H,3H2,1-2H3. The van der Waals surface area contributed by atoms with Gasteiger partial charge < -0.3 is 5.21 Å². The van der Waals surface area contributed by atoms with E-state index in [1.165, 1.54) is 36.9 Å². The molecule has 0 aromatic carbocycles. The lowest BCUT2D eigenvalue weighted by molar-refractivity contribution is -0.581. The van der Waals surface area contributed by atoms with Gasteiger partial charge in [-0.2, -0.15) is 18.2 Å². The van der Waals surface area contributed by atoms with E-state index in [4.69, 9.17) is 0 Å². The molecule has 0 atom stereocenters. The Morgan fingerprint density at radius 3 is 2.65 bits per heavy atom. The Morgan fingerprint density at radius 2 is 2.04 bits per heavy atom. The van der Waals surface area contributed by atoms with Crippen LogP contribution in [-0.4, -0.2) is 28.7 Å². The van der Waals surface area contributed by atoms with Crippen molar-refractivity contribution in [3.8, 4) is 11.5 Å². The topological polar surface area (TPSA) is 91.8 Å². The van der Waals surface area contributed by atoms with Crippen LogP contribution in [0.2, 0.25) is 0 Å². The minimum atomic E-state index is -4.71. The average Bonchev–Trinajstić information content (AvgIpc) is 2.91. The fourth-order valence-electron chi connectivity index (χ4n) is 2.57. The van der Waals surface area contributed by atoms with Crippen molar-refractivity contribution in [2.24, 2.45) is 7.05 Å². The van der Waals surface area contributed by atoms with E-state index in [9.17, 15) is 26.8 Å². The number of aromatic nitrogens is 4. The van der Waals surface area contributed by atoms with Crippen molar-refractivity contribution in [2.45, 2.75) is 18.0 Å². The molecule has 0 radical (unpaired) electrons. The summed E-state index contributed by atoms with van der Waals surface area (Å²) < 4.78 is 64.6. The van der Waals surface area contributed by atoms with Gasteiger partial charge in [-0.3, -0.25) is 0 Å². The van der Waals surface area contributed by atoms with Gasteiger partial charge in [-0.25, -0.2) is 22.7 Å². The van der Waals surface area contributed by atoms with E-state index >= 15 is 0 Å². The van der Waals surface area contributed by atoms with Crippen LogP contribution in [0, 0.1) is 5.21 Å². The summed E-state index contributed by atoms with van der Waals surface area (Å²) in [6, 6.07) is 3.52. The number of hydrogen-bond donors (Lipinski definition) is 0. The van der Waals surface area contributed by atoms with Crippen molar-refractivity contribution in [1.82, 2.24) is 14.5 Å². The zero-order chi connectivity index (χ0) is 19.3. The van der Waals surface area contributed by atoms with Gasteiger partial charge in [0.25, 0.3) is 0 Å². The monoisotopic (exact) mass is 386 g/mol. The van der Waals surface area contributed by atoms with Gasteiger partial charge in [0.2, 0.25) is 5.82 Å². The maximum absolute atomic E-state index is 12.9. The Bertz CT molecular complexity index is 1110. The summed E-state index contributed by atoms with van der Waals surface area (Å²) in [4.78, 5) is 7.96. The van der Waals surface area contributed by atoms with Crippen LogP contribution in [0.15, 0.2) is 35.5 Å². The van der Waals surface area contributed by atoms with Gasteiger partial charge in [0.1, 0.15) is 11.9 Å². The fraction of sp³-hybridized carbons (Fsp3) is 0.267. The second-order valence-corrected chi connectivity index (χ2v) is 7.76. The lowest BCUT2D eigenvalue weighted by atomic mass is 10.2. The molecule has 0 unspecified atom stereocenters. The molecule has 11 heteroatoms. The van der Waals surface area contributed by atoms with E-state index in [2.05, 4.69) is 9.97 Å². The Hall–Kier alpha value is -2.69. The van der Waals surface area contributed by atoms with Gasteiger partial charge in [0, 0.05) is 6.20 Å². The van der Waals surface area contributed by atoms with Crippen molar-refractivity contribution >= 4 is 21.0 Å². The molecule has 26 heavy (non-hydrogen) atoms. The number of fused-ring (bicyclic) bond motifs is 1. The molecule has 0 aliphatic rings.